The molecular weight excluding hydrogens is 348 g/mol. The van der Waals surface area contributed by atoms with E-state index in [1.807, 2.05) is 13.8 Å². The topological polar surface area (TPSA) is 157 Å². The number of hydrogen-bond donors (Lipinski definition) is 5. The van der Waals surface area contributed by atoms with Crippen molar-refractivity contribution in [2.24, 2.45) is 5.92 Å². The molecule has 1 saturated heterocycles. The smallest absolute Gasteiger partial charge is 0.409 e. The highest BCUT2D eigenvalue weighted by molar-refractivity contribution is 5.65. The zero-order valence-corrected chi connectivity index (χ0v) is 14.5. The van der Waals surface area contributed by atoms with Crippen molar-refractivity contribution in [2.75, 3.05) is 12.0 Å². The van der Waals surface area contributed by atoms with E-state index in [0.717, 1.165) is 22.3 Å². The molecule has 0 bridgehead atoms. The van der Waals surface area contributed by atoms with E-state index >= 15 is 0 Å². The number of hydrogen-bond acceptors (Lipinski definition) is 8. The lowest BCUT2D eigenvalue weighted by Crippen LogP contribution is -2.48. The van der Waals surface area contributed by atoms with Gasteiger partial charge in [-0.25, -0.2) is 9.59 Å². The van der Waals surface area contributed by atoms with E-state index in [9.17, 15) is 24.9 Å². The Morgan fingerprint density at radius 1 is 1.38 bits per heavy atom. The summed E-state index contributed by atoms with van der Waals surface area (Å²) >= 11 is 0. The zero-order valence-electron chi connectivity index (χ0n) is 14.5. The number of nitrogens with one attached hydrogen (secondary N) is 1. The fourth-order valence-electron chi connectivity index (χ4n) is 2.91. The van der Waals surface area contributed by atoms with Crippen LogP contribution in [-0.2, 0) is 4.74 Å². The van der Waals surface area contributed by atoms with Crippen LogP contribution in [-0.4, -0.2) is 66.1 Å². The number of carbonyl (C=O) groups is 1. The molecule has 0 unspecified atom stereocenters. The molecule has 1 aromatic heterocycles. The maximum atomic E-state index is 12.0. The summed E-state index contributed by atoms with van der Waals surface area (Å²) in [6, 6.07) is 1.26. The Morgan fingerprint density at radius 2 is 2.04 bits per heavy atom. The highest BCUT2D eigenvalue weighted by Gasteiger charge is 2.48. The Hall–Kier alpha value is -2.21. The molecule has 26 heavy (non-hydrogen) atoms. The molecule has 11 nitrogen and oxygen atoms in total. The van der Waals surface area contributed by atoms with E-state index in [1.165, 1.54) is 12.3 Å². The molecule has 11 heteroatoms. The highest BCUT2D eigenvalue weighted by atomic mass is 16.6. The number of amides is 1. The second-order valence-electron chi connectivity index (χ2n) is 6.13. The number of ether oxygens (including phenoxy) is 1. The molecular formula is C15H24N4O7. The fourth-order valence-corrected chi connectivity index (χ4v) is 2.91. The number of aromatic nitrogens is 2. The van der Waals surface area contributed by atoms with Crippen LogP contribution in [0.4, 0.5) is 10.6 Å². The van der Waals surface area contributed by atoms with Crippen molar-refractivity contribution in [3.63, 3.8) is 0 Å². The van der Waals surface area contributed by atoms with Crippen LogP contribution in [0.3, 0.4) is 0 Å². The zero-order chi connectivity index (χ0) is 19.4. The summed E-state index contributed by atoms with van der Waals surface area (Å²) in [7, 11) is 0. The summed E-state index contributed by atoms with van der Waals surface area (Å²) in [5.41, 5.74) is 0.874. The third kappa shape index (κ3) is 3.96. The van der Waals surface area contributed by atoms with Gasteiger partial charge in [0.05, 0.1) is 0 Å². The normalized spacial score (nSPS) is 25.5. The number of aliphatic hydroxyl groups excluding tert-OH is 2. The monoisotopic (exact) mass is 372 g/mol. The SMILES string of the molecule is CCC(CC)CN(C(=O)O)[C@@H]1O[C@@H](n2ccc(NO)nc2=O)[C@H](O)[C@@H]1O. The second-order valence-corrected chi connectivity index (χ2v) is 6.13. The van der Waals surface area contributed by atoms with Crippen LogP contribution in [0.25, 0.3) is 0 Å². The summed E-state index contributed by atoms with van der Waals surface area (Å²) in [4.78, 5) is 28.1. The molecule has 2 heterocycles. The Balaban J connectivity index is 2.27. The number of nitrogens with zero attached hydrogens (tertiary/aromatic N) is 3. The van der Waals surface area contributed by atoms with Gasteiger partial charge in [-0.2, -0.15) is 4.98 Å². The minimum atomic E-state index is -1.53. The van der Waals surface area contributed by atoms with Crippen molar-refractivity contribution in [1.29, 1.82) is 0 Å². The number of anilines is 1. The molecule has 4 atom stereocenters. The number of carboxylic acid groups (broad SMARTS) is 1. The molecule has 1 amide bonds. The third-order valence-electron chi connectivity index (χ3n) is 4.59. The summed E-state index contributed by atoms with van der Waals surface area (Å²) in [5, 5.41) is 38.8. The van der Waals surface area contributed by atoms with Crippen molar-refractivity contribution in [1.82, 2.24) is 14.5 Å². The van der Waals surface area contributed by atoms with Crippen LogP contribution in [0.2, 0.25) is 0 Å². The first kappa shape index (κ1) is 20.1. The van der Waals surface area contributed by atoms with Crippen molar-refractivity contribution >= 4 is 11.9 Å². The van der Waals surface area contributed by atoms with Gasteiger partial charge in [0.25, 0.3) is 0 Å². The van der Waals surface area contributed by atoms with Gasteiger partial charge in [0, 0.05) is 12.7 Å². The van der Waals surface area contributed by atoms with E-state index in [2.05, 4.69) is 4.98 Å². The van der Waals surface area contributed by atoms with Crippen molar-refractivity contribution in [3.05, 3.63) is 22.7 Å². The van der Waals surface area contributed by atoms with E-state index < -0.39 is 36.4 Å². The molecule has 0 aromatic carbocycles. The van der Waals surface area contributed by atoms with E-state index in [1.54, 1.807) is 5.48 Å². The minimum Gasteiger partial charge on any atom is -0.465 e. The van der Waals surface area contributed by atoms with Gasteiger partial charge >= 0.3 is 11.8 Å². The van der Waals surface area contributed by atoms with Crippen LogP contribution in [0.15, 0.2) is 17.1 Å². The lowest BCUT2D eigenvalue weighted by molar-refractivity contribution is -0.101. The van der Waals surface area contributed by atoms with Crippen LogP contribution < -0.4 is 11.2 Å². The largest absolute Gasteiger partial charge is 0.465 e. The van der Waals surface area contributed by atoms with Crippen molar-refractivity contribution in [2.45, 2.75) is 51.4 Å². The number of aliphatic hydroxyl groups is 2. The predicted molar refractivity (Wildman–Crippen MR) is 88.6 cm³/mol. The highest BCUT2D eigenvalue weighted by Crippen LogP contribution is 2.31. The Bertz CT molecular complexity index is 678. The maximum Gasteiger partial charge on any atom is 0.409 e. The van der Waals surface area contributed by atoms with Crippen molar-refractivity contribution in [3.8, 4) is 0 Å². The van der Waals surface area contributed by atoms with Gasteiger partial charge in [-0.3, -0.25) is 20.2 Å². The fraction of sp³-hybridized carbons (Fsp3) is 0.667. The van der Waals surface area contributed by atoms with E-state index in [4.69, 9.17) is 9.94 Å². The Kier molecular flexibility index (Phi) is 6.53. The van der Waals surface area contributed by atoms with E-state index in [-0.39, 0.29) is 18.3 Å². The van der Waals surface area contributed by atoms with Gasteiger partial charge in [-0.05, 0) is 12.0 Å². The first-order valence-corrected chi connectivity index (χ1v) is 8.34. The van der Waals surface area contributed by atoms with Gasteiger partial charge in [0.1, 0.15) is 12.2 Å². The Morgan fingerprint density at radius 3 is 2.54 bits per heavy atom. The van der Waals surface area contributed by atoms with E-state index in [0.29, 0.717) is 0 Å². The van der Waals surface area contributed by atoms with Gasteiger partial charge in [-0.15, -0.1) is 0 Å². The molecule has 0 spiro atoms. The summed E-state index contributed by atoms with van der Waals surface area (Å²) in [6.07, 6.45) is -4.30. The van der Waals surface area contributed by atoms with Crippen LogP contribution in [0, 0.1) is 5.92 Å². The summed E-state index contributed by atoms with van der Waals surface area (Å²) < 4.78 is 6.45. The molecule has 1 aromatic rings. The average Bonchev–Trinajstić information content (AvgIpc) is 2.91. The molecule has 1 aliphatic heterocycles. The molecule has 146 valence electrons. The lowest BCUT2D eigenvalue weighted by atomic mass is 10.0. The molecule has 1 aliphatic rings. The first-order valence-electron chi connectivity index (χ1n) is 8.34. The van der Waals surface area contributed by atoms with Gasteiger partial charge in [-0.1, -0.05) is 26.7 Å². The quantitative estimate of drug-likeness (QED) is 0.417. The van der Waals surface area contributed by atoms with Crippen molar-refractivity contribution < 1.29 is 30.1 Å². The minimum absolute atomic E-state index is 0.0670. The van der Waals surface area contributed by atoms with Crippen LogP contribution in [0.1, 0.15) is 32.9 Å². The first-order chi connectivity index (χ1) is 12.3. The Labute approximate surface area is 149 Å². The van der Waals surface area contributed by atoms with Gasteiger partial charge in [0.15, 0.2) is 18.3 Å². The standard InChI is InChI=1S/C15H24N4O7/c1-3-8(4-2)7-19(15(23)24)13-11(21)10(20)12(26-13)18-6-5-9(17-25)16-14(18)22/h5-6,8,10-13,20-21,25H,3-4,7H2,1-2H3,(H,23,24)(H,16,17,22)/t10-,11+,12-,13-/m1/s1. The van der Waals surface area contributed by atoms with Gasteiger partial charge in [0.2, 0.25) is 0 Å². The molecule has 0 radical (unpaired) electrons. The maximum absolute atomic E-state index is 12.0. The predicted octanol–water partition coefficient (Wildman–Crippen LogP) is 0.0373. The second kappa shape index (κ2) is 8.45. The van der Waals surface area contributed by atoms with Crippen LogP contribution in [0.5, 0.6) is 0 Å². The van der Waals surface area contributed by atoms with Crippen LogP contribution >= 0.6 is 0 Å². The molecule has 1 fully saturated rings. The summed E-state index contributed by atoms with van der Waals surface area (Å²) in [6.45, 7) is 3.99. The summed E-state index contributed by atoms with van der Waals surface area (Å²) in [5.74, 6) is -0.0332. The number of rotatable bonds is 7. The third-order valence-corrected chi connectivity index (χ3v) is 4.59. The van der Waals surface area contributed by atoms with Gasteiger partial charge < -0.3 is 20.1 Å². The average molecular weight is 372 g/mol. The lowest BCUT2D eigenvalue weighted by Gasteiger charge is -2.30. The molecule has 0 aliphatic carbocycles. The molecule has 0 saturated carbocycles. The molecule has 5 N–H and O–H groups in total. The molecule has 2 rings (SSSR count).